The molecular formula is C106H133O19W3-3. The summed E-state index contributed by atoms with van der Waals surface area (Å²) in [6.07, 6.45) is 25.9. The first-order valence-electron chi connectivity index (χ1n) is 38.2. The Hall–Kier alpha value is -12.0. The third-order valence-electron chi connectivity index (χ3n) is 15.1. The van der Waals surface area contributed by atoms with Crippen molar-refractivity contribution < 1.29 is 154 Å². The Morgan fingerprint density at radius 2 is 0.883 bits per heavy atom. The topological polar surface area (TPSA) is 238 Å². The molecule has 4 unspecified atom stereocenters. The molecule has 0 saturated heterocycles. The Kier molecular flexibility index (Phi) is 105. The second kappa shape index (κ2) is 98.8. The fourth-order valence-corrected chi connectivity index (χ4v) is 8.99. The van der Waals surface area contributed by atoms with Gasteiger partial charge in [0.05, 0.1) is 102 Å². The first-order chi connectivity index (χ1) is 58.9. The zero-order valence-electron chi connectivity index (χ0n) is 77.9. The number of carbonyl (C=O) groups excluding carboxylic acids is 8. The molecule has 0 radical (unpaired) electrons. The number of hydrogen-bond acceptors (Lipinski definition) is 19. The first-order valence-corrected chi connectivity index (χ1v) is 38.2. The Bertz CT molecular complexity index is 4290. The smallest absolute Gasteiger partial charge is 0.384 e. The molecular weight excluding hydrogens is 2130 g/mol. The van der Waals surface area contributed by atoms with E-state index in [1.54, 1.807) is 71.6 Å². The van der Waals surface area contributed by atoms with E-state index < -0.39 is 11.9 Å². The quantitative estimate of drug-likeness (QED) is 0.0260. The number of benzene rings is 8. The van der Waals surface area contributed by atoms with E-state index in [1.807, 2.05) is 207 Å². The molecule has 0 aliphatic heterocycles. The standard InChI is InChI=1S/C10H10O2.C10H8O2.C9H12O2.C9H8.C8H12O2.C8H8O2.2C7H8O.2C7H8.2C5H8O2.C4H6O2.C4H8O.C3H4.3CH3.3W/c2*1-12-10(11)8-7-9-5-3-2-4-6-9;1-11-9(10)8-5-6-2-3-7(8)4-6;1-2-6-9-7-4-3-5-8-9;2*1-10-8(9)7-5-3-2-4-6-7;2*1-8-7-5-3-2-4-6-7;2*1-7-5-3-2-4-6-7;1-4(2)5(6)7-3;1-3-4-5(6)7-2;1-3-4(5)6-2;1-3-4-5-2;1-3-2;;;;;;/h2-8H,1H3;2-6H,1H3;2-3,6-8H,4-5H2,1H3;3-5,7-8H,1H3;2-3,7H,4-6H2,1H3;2-6H,1H3;2*2-6H,1H3;2*2-6H,1H3;1H2,2-3H3;3H,1,4H2,2H3;3H,1H2,2H3;3H,1,4H2,2H3;1H,2H3;3*1H3;;;/q;;;;;;;;;;;;;;;3*-1;;;/b8-7+;;;;;;;;;;;;;;;;;;;;. The average Bonchev–Trinajstić information content (AvgIpc) is 1.67. The second-order valence-corrected chi connectivity index (χ2v) is 24.3. The monoisotopic (exact) mass is 2260 g/mol. The number of hydrogen-bond donors (Lipinski definition) is 0. The minimum absolute atomic E-state index is 0. The summed E-state index contributed by atoms with van der Waals surface area (Å²) in [4.78, 5) is 84.3. The van der Waals surface area contributed by atoms with Crippen LogP contribution in [0.5, 0.6) is 11.5 Å². The molecule has 0 amide bonds. The molecule has 0 aromatic heterocycles. The van der Waals surface area contributed by atoms with Crippen LogP contribution in [0.15, 0.2) is 323 Å². The third-order valence-corrected chi connectivity index (χ3v) is 15.1. The number of carbonyl (C=O) groups is 8. The zero-order chi connectivity index (χ0) is 92.0. The van der Waals surface area contributed by atoms with Gasteiger partial charge in [-0.2, -0.15) is 0 Å². The Balaban J connectivity index is -0.000000146. The van der Waals surface area contributed by atoms with E-state index >= 15 is 0 Å². The van der Waals surface area contributed by atoms with Crippen molar-refractivity contribution in [3.05, 3.63) is 379 Å². The molecule has 8 aromatic rings. The van der Waals surface area contributed by atoms with Gasteiger partial charge in [-0.05, 0) is 151 Å². The van der Waals surface area contributed by atoms with Crippen LogP contribution in [-0.2, 0) is 139 Å². The molecule has 4 atom stereocenters. The average molecular weight is 2260 g/mol. The van der Waals surface area contributed by atoms with Crippen molar-refractivity contribution in [2.45, 2.75) is 73.1 Å². The van der Waals surface area contributed by atoms with Crippen LogP contribution in [-0.4, -0.2) is 133 Å². The van der Waals surface area contributed by atoms with E-state index in [9.17, 15) is 38.4 Å². The van der Waals surface area contributed by atoms with Crippen LogP contribution < -0.4 is 9.47 Å². The number of aryl methyl sites for hydroxylation is 2. The van der Waals surface area contributed by atoms with E-state index in [4.69, 9.17) is 14.2 Å². The summed E-state index contributed by atoms with van der Waals surface area (Å²) in [6, 6.07) is 77.6. The Labute approximate surface area is 809 Å². The summed E-state index contributed by atoms with van der Waals surface area (Å²) in [5.74, 6) is 14.1. The summed E-state index contributed by atoms with van der Waals surface area (Å²) >= 11 is 0. The zero-order valence-corrected chi connectivity index (χ0v) is 86.7. The molecule has 2 bridgehead atoms. The summed E-state index contributed by atoms with van der Waals surface area (Å²) < 4.78 is 49.7. The Morgan fingerprint density at radius 3 is 1.14 bits per heavy atom. The van der Waals surface area contributed by atoms with Crippen LogP contribution >= 0.6 is 0 Å². The fraction of sp³-hybridized carbons (Fsp3) is 0.255. The predicted molar refractivity (Wildman–Crippen MR) is 509 cm³/mol. The molecule has 128 heavy (non-hydrogen) atoms. The van der Waals surface area contributed by atoms with Crippen molar-refractivity contribution >= 4 is 53.8 Å². The van der Waals surface area contributed by atoms with Gasteiger partial charge < -0.3 is 74.4 Å². The summed E-state index contributed by atoms with van der Waals surface area (Å²) in [7, 11) is 15.9. The van der Waals surface area contributed by atoms with Crippen molar-refractivity contribution in [3.8, 4) is 47.5 Å². The number of fused-ring (bicyclic) bond motifs is 2. The van der Waals surface area contributed by atoms with Gasteiger partial charge in [-0.3, -0.25) is 14.4 Å². The van der Waals surface area contributed by atoms with Crippen molar-refractivity contribution in [3.63, 3.8) is 0 Å². The van der Waals surface area contributed by atoms with Gasteiger partial charge in [-0.15, -0.1) is 31.4 Å². The van der Waals surface area contributed by atoms with Crippen LogP contribution in [0.25, 0.3) is 6.08 Å². The van der Waals surface area contributed by atoms with Crippen molar-refractivity contribution in [2.75, 3.05) is 84.8 Å². The number of methoxy groups -OCH3 is 11. The molecule has 1 fully saturated rings. The van der Waals surface area contributed by atoms with Gasteiger partial charge in [0.25, 0.3) is 0 Å². The van der Waals surface area contributed by atoms with E-state index in [-0.39, 0.29) is 133 Å². The van der Waals surface area contributed by atoms with Crippen molar-refractivity contribution in [1.29, 1.82) is 0 Å². The third kappa shape index (κ3) is 82.3. The van der Waals surface area contributed by atoms with Crippen LogP contribution in [0.2, 0.25) is 0 Å². The summed E-state index contributed by atoms with van der Waals surface area (Å²) in [5, 5.41) is 0. The maximum absolute atomic E-state index is 11.1. The minimum atomic E-state index is -0.515. The summed E-state index contributed by atoms with van der Waals surface area (Å²) in [6.45, 7) is 23.2. The molecule has 11 rings (SSSR count). The van der Waals surface area contributed by atoms with Gasteiger partial charge >= 0.3 is 47.8 Å². The van der Waals surface area contributed by atoms with Gasteiger partial charge in [-0.25, -0.2) is 24.0 Å². The fourth-order valence-electron chi connectivity index (χ4n) is 8.99. The largest absolute Gasteiger partial charge is 0.497 e. The molecule has 0 N–H and O–H groups in total. The molecule has 1 saturated carbocycles. The number of allylic oxidation sites excluding steroid dienone is 4. The molecule has 19 nitrogen and oxygen atoms in total. The molecule has 0 heterocycles. The van der Waals surface area contributed by atoms with Gasteiger partial charge in [0.15, 0.2) is 0 Å². The van der Waals surface area contributed by atoms with Crippen molar-refractivity contribution in [1.82, 2.24) is 0 Å². The predicted octanol–water partition coefficient (Wildman–Crippen LogP) is 21.5. The molecule has 8 aromatic carbocycles. The molecule has 0 spiro atoms. The van der Waals surface area contributed by atoms with E-state index in [1.165, 1.54) is 86.6 Å². The van der Waals surface area contributed by atoms with Crippen LogP contribution in [0.3, 0.4) is 0 Å². The van der Waals surface area contributed by atoms with Crippen LogP contribution in [0.4, 0.5) is 0 Å². The number of esters is 8. The maximum atomic E-state index is 11.1. The van der Waals surface area contributed by atoms with Gasteiger partial charge in [0.2, 0.25) is 0 Å². The van der Waals surface area contributed by atoms with E-state index in [0.717, 1.165) is 59.9 Å². The number of terminal acetylenes is 1. The molecule has 3 aliphatic carbocycles. The van der Waals surface area contributed by atoms with E-state index in [0.29, 0.717) is 36.0 Å². The van der Waals surface area contributed by atoms with Crippen LogP contribution in [0, 0.1) is 95.8 Å². The second-order valence-electron chi connectivity index (χ2n) is 24.3. The number of rotatable bonds is 13. The number of ether oxygens (including phenoxy) is 11. The molecule has 692 valence electrons. The first kappa shape index (κ1) is 137. The van der Waals surface area contributed by atoms with E-state index in [2.05, 4.69) is 157 Å². The molecule has 3 aliphatic rings. The van der Waals surface area contributed by atoms with Gasteiger partial charge in [0.1, 0.15) is 11.5 Å². The summed E-state index contributed by atoms with van der Waals surface area (Å²) in [5.41, 5.74) is 6.54. The van der Waals surface area contributed by atoms with Crippen molar-refractivity contribution in [2.24, 2.45) is 23.7 Å². The van der Waals surface area contributed by atoms with Gasteiger partial charge in [-0.1, -0.05) is 255 Å². The van der Waals surface area contributed by atoms with Crippen LogP contribution in [0.1, 0.15) is 97.5 Å². The SMILES string of the molecule is C#CC.C=C(C)C(=O)OC.C=CC(=O)OC.C=CCC(=O)OC.C=CCOC.CC#Cc1ccccc1.COC(=O)/C=C/c1ccccc1.COC(=O)C#Cc1ccccc1.COC(=O)C1CC2C=CC1C2.COC(=O)C1CC=CCC1.COC(=O)c1ccccc1.COc1ccccc1.COc1ccccc1.Cc1ccccc1.Cc1ccccc1.[CH3-].[CH3-].[CH3-].[W].[W].[W]. The Morgan fingerprint density at radius 1 is 0.469 bits per heavy atom. The van der Waals surface area contributed by atoms with Gasteiger partial charge in [0, 0.05) is 105 Å². The number of para-hydroxylation sites is 2. The minimum Gasteiger partial charge on any atom is -0.497 e. The molecule has 22 heteroatoms. The normalized spacial score (nSPS) is 11.8. The maximum Gasteiger partial charge on any atom is 0.384 e.